The fourth-order valence-corrected chi connectivity index (χ4v) is 3.79. The van der Waals surface area contributed by atoms with Crippen LogP contribution in [0.3, 0.4) is 0 Å². The number of thiazole rings is 1. The standard InChI is InChI=1S/C21H15FN2O2S/c1-24-19-16(22)11-7-13-18(19)27-21(24)23-20(25)15-10-5-6-12-17(15)26-14-8-3-2-4-9-14/h2-13H,1H3. The number of rotatable bonds is 3. The second-order valence-electron chi connectivity index (χ2n) is 5.86. The lowest BCUT2D eigenvalue weighted by Crippen LogP contribution is -2.14. The summed E-state index contributed by atoms with van der Waals surface area (Å²) in [6.45, 7) is 0. The third-order valence-corrected chi connectivity index (χ3v) is 5.16. The normalized spacial score (nSPS) is 11.7. The molecule has 0 radical (unpaired) electrons. The third kappa shape index (κ3) is 3.39. The molecule has 1 aromatic heterocycles. The van der Waals surface area contributed by atoms with E-state index < -0.39 is 5.91 Å². The summed E-state index contributed by atoms with van der Waals surface area (Å²) in [5, 5.41) is 0. The van der Waals surface area contributed by atoms with Crippen LogP contribution in [-0.4, -0.2) is 10.5 Å². The molecule has 0 atom stereocenters. The molecule has 134 valence electrons. The quantitative estimate of drug-likeness (QED) is 0.508. The van der Waals surface area contributed by atoms with Crippen LogP contribution >= 0.6 is 11.3 Å². The van der Waals surface area contributed by atoms with Gasteiger partial charge >= 0.3 is 0 Å². The van der Waals surface area contributed by atoms with Gasteiger partial charge in [0.25, 0.3) is 5.91 Å². The maximum atomic E-state index is 14.1. The molecule has 3 aromatic carbocycles. The van der Waals surface area contributed by atoms with Gasteiger partial charge in [0, 0.05) is 7.05 Å². The first kappa shape index (κ1) is 17.2. The van der Waals surface area contributed by atoms with Crippen molar-refractivity contribution < 1.29 is 13.9 Å². The van der Waals surface area contributed by atoms with Gasteiger partial charge in [-0.15, -0.1) is 0 Å². The molecule has 1 amide bonds. The van der Waals surface area contributed by atoms with Gasteiger partial charge in [0.1, 0.15) is 17.3 Å². The summed E-state index contributed by atoms with van der Waals surface area (Å²) < 4.78 is 22.2. The molecule has 4 nitrogen and oxygen atoms in total. The van der Waals surface area contributed by atoms with Gasteiger partial charge in [-0.3, -0.25) is 4.79 Å². The molecule has 0 aliphatic rings. The topological polar surface area (TPSA) is 43.6 Å². The molecule has 0 bridgehead atoms. The molecule has 0 saturated heterocycles. The van der Waals surface area contributed by atoms with E-state index in [-0.39, 0.29) is 5.82 Å². The maximum absolute atomic E-state index is 14.1. The number of fused-ring (bicyclic) bond motifs is 1. The van der Waals surface area contributed by atoms with E-state index in [2.05, 4.69) is 4.99 Å². The lowest BCUT2D eigenvalue weighted by atomic mass is 10.2. The molecule has 4 aromatic rings. The van der Waals surface area contributed by atoms with Crippen molar-refractivity contribution in [3.63, 3.8) is 0 Å². The van der Waals surface area contributed by atoms with Crippen molar-refractivity contribution in [2.75, 3.05) is 0 Å². The molecule has 0 spiro atoms. The van der Waals surface area contributed by atoms with Crippen LogP contribution in [0.5, 0.6) is 11.5 Å². The number of carbonyl (C=O) groups is 1. The first-order chi connectivity index (χ1) is 13.1. The van der Waals surface area contributed by atoms with E-state index in [1.165, 1.54) is 17.4 Å². The highest BCUT2D eigenvalue weighted by Crippen LogP contribution is 2.26. The Balaban J connectivity index is 1.75. The third-order valence-electron chi connectivity index (χ3n) is 4.06. The number of para-hydroxylation sites is 3. The Kier molecular flexibility index (Phi) is 4.56. The number of nitrogens with zero attached hydrogens (tertiary/aromatic N) is 2. The number of halogens is 1. The van der Waals surface area contributed by atoms with Crippen molar-refractivity contribution >= 4 is 27.5 Å². The van der Waals surface area contributed by atoms with Crippen molar-refractivity contribution in [1.29, 1.82) is 0 Å². The van der Waals surface area contributed by atoms with Gasteiger partial charge < -0.3 is 9.30 Å². The average molecular weight is 378 g/mol. The fraction of sp³-hybridized carbons (Fsp3) is 0.0476. The fourth-order valence-electron chi connectivity index (χ4n) is 2.76. The van der Waals surface area contributed by atoms with Gasteiger partial charge in [0.2, 0.25) is 0 Å². The van der Waals surface area contributed by atoms with Gasteiger partial charge in [-0.25, -0.2) is 4.39 Å². The largest absolute Gasteiger partial charge is 0.457 e. The van der Waals surface area contributed by atoms with Crippen LogP contribution in [0.25, 0.3) is 10.2 Å². The Hall–Kier alpha value is -3.25. The molecule has 0 N–H and O–H groups in total. The van der Waals surface area contributed by atoms with Crippen LogP contribution < -0.4 is 9.54 Å². The van der Waals surface area contributed by atoms with Crippen molar-refractivity contribution in [2.24, 2.45) is 12.0 Å². The minimum atomic E-state index is -0.441. The van der Waals surface area contributed by atoms with Crippen LogP contribution in [0.4, 0.5) is 4.39 Å². The number of hydrogen-bond acceptors (Lipinski definition) is 3. The van der Waals surface area contributed by atoms with Crippen molar-refractivity contribution in [2.45, 2.75) is 0 Å². The zero-order valence-electron chi connectivity index (χ0n) is 14.4. The Morgan fingerprint density at radius 3 is 2.52 bits per heavy atom. The van der Waals surface area contributed by atoms with Crippen LogP contribution in [0.15, 0.2) is 77.8 Å². The lowest BCUT2D eigenvalue weighted by molar-refractivity contribution is 0.0995. The zero-order chi connectivity index (χ0) is 18.8. The number of carbonyl (C=O) groups excluding carboxylic acids is 1. The first-order valence-corrected chi connectivity index (χ1v) is 9.10. The molecule has 0 unspecified atom stereocenters. The molecule has 0 fully saturated rings. The Morgan fingerprint density at radius 1 is 1.00 bits per heavy atom. The van der Waals surface area contributed by atoms with E-state index in [4.69, 9.17) is 4.74 Å². The van der Waals surface area contributed by atoms with Crippen molar-refractivity contribution in [3.05, 3.63) is 89.0 Å². The molecular formula is C21H15FN2O2S. The predicted molar refractivity (Wildman–Crippen MR) is 104 cm³/mol. The summed E-state index contributed by atoms with van der Waals surface area (Å²) in [5.41, 5.74) is 0.780. The number of benzene rings is 3. The van der Waals surface area contributed by atoms with E-state index in [0.717, 1.165) is 4.70 Å². The number of ether oxygens (including phenoxy) is 1. The molecule has 27 heavy (non-hydrogen) atoms. The van der Waals surface area contributed by atoms with E-state index >= 15 is 0 Å². The SMILES string of the molecule is Cn1c(=NC(=O)c2ccccc2Oc2ccccc2)sc2cccc(F)c21. The van der Waals surface area contributed by atoms with Crippen LogP contribution in [0.1, 0.15) is 10.4 Å². The summed E-state index contributed by atoms with van der Waals surface area (Å²) in [5.74, 6) is 0.275. The van der Waals surface area contributed by atoms with Crippen molar-refractivity contribution in [1.82, 2.24) is 4.57 Å². The maximum Gasteiger partial charge on any atom is 0.283 e. The second kappa shape index (κ2) is 7.17. The summed E-state index contributed by atoms with van der Waals surface area (Å²) in [7, 11) is 1.69. The summed E-state index contributed by atoms with van der Waals surface area (Å²) in [6, 6.07) is 21.0. The van der Waals surface area contributed by atoms with Gasteiger partial charge in [-0.2, -0.15) is 4.99 Å². The van der Waals surface area contributed by atoms with Gasteiger partial charge in [-0.05, 0) is 36.4 Å². The number of aryl methyl sites for hydroxylation is 1. The van der Waals surface area contributed by atoms with Gasteiger partial charge in [-0.1, -0.05) is 47.7 Å². The minimum absolute atomic E-state index is 0.340. The molecule has 0 saturated carbocycles. The van der Waals surface area contributed by atoms with Crippen LogP contribution in [0, 0.1) is 5.82 Å². The molecular weight excluding hydrogens is 363 g/mol. The van der Waals surface area contributed by atoms with E-state index in [9.17, 15) is 9.18 Å². The predicted octanol–water partition coefficient (Wildman–Crippen LogP) is 4.91. The highest BCUT2D eigenvalue weighted by Gasteiger charge is 2.14. The second-order valence-corrected chi connectivity index (χ2v) is 6.87. The molecule has 0 aliphatic heterocycles. The van der Waals surface area contributed by atoms with Crippen molar-refractivity contribution in [3.8, 4) is 11.5 Å². The van der Waals surface area contributed by atoms with Gasteiger partial charge in [0.15, 0.2) is 4.80 Å². The van der Waals surface area contributed by atoms with E-state index in [0.29, 0.717) is 27.4 Å². The lowest BCUT2D eigenvalue weighted by Gasteiger charge is -2.08. The Labute approximate surface area is 158 Å². The molecule has 4 rings (SSSR count). The van der Waals surface area contributed by atoms with Crippen LogP contribution in [-0.2, 0) is 7.05 Å². The summed E-state index contributed by atoms with van der Waals surface area (Å²) in [6.07, 6.45) is 0. The average Bonchev–Trinajstić information content (AvgIpc) is 3.00. The Bertz CT molecular complexity index is 1200. The summed E-state index contributed by atoms with van der Waals surface area (Å²) >= 11 is 1.27. The van der Waals surface area contributed by atoms with Crippen LogP contribution in [0.2, 0.25) is 0 Å². The number of hydrogen-bond donors (Lipinski definition) is 0. The van der Waals surface area contributed by atoms with E-state index in [1.807, 2.05) is 30.3 Å². The number of amides is 1. The van der Waals surface area contributed by atoms with Gasteiger partial charge in [0.05, 0.1) is 15.8 Å². The molecule has 6 heteroatoms. The Morgan fingerprint density at radius 2 is 1.74 bits per heavy atom. The molecule has 1 heterocycles. The monoisotopic (exact) mass is 378 g/mol. The minimum Gasteiger partial charge on any atom is -0.457 e. The smallest absolute Gasteiger partial charge is 0.283 e. The van der Waals surface area contributed by atoms with E-state index in [1.54, 1.807) is 48.0 Å². The zero-order valence-corrected chi connectivity index (χ0v) is 15.2. The molecule has 0 aliphatic carbocycles. The first-order valence-electron chi connectivity index (χ1n) is 8.28. The highest BCUT2D eigenvalue weighted by molar-refractivity contribution is 7.16. The number of aromatic nitrogens is 1. The summed E-state index contributed by atoms with van der Waals surface area (Å²) in [4.78, 5) is 17.4. The highest BCUT2D eigenvalue weighted by atomic mass is 32.1.